The number of aromatic nitrogens is 1. The molecule has 3 rings (SSSR count). The molecule has 0 aliphatic carbocycles. The number of hydrogen-bond donors (Lipinski definition) is 1. The van der Waals surface area contributed by atoms with E-state index in [1.165, 1.54) is 12.8 Å². The first-order valence-electron chi connectivity index (χ1n) is 9.41. The molecule has 2 fully saturated rings. The van der Waals surface area contributed by atoms with Crippen LogP contribution in [0.1, 0.15) is 26.2 Å². The molecule has 3 heterocycles. The van der Waals surface area contributed by atoms with Crippen LogP contribution in [0.2, 0.25) is 0 Å². The zero-order chi connectivity index (χ0) is 17.6. The maximum absolute atomic E-state index is 12.6. The number of halogens is 2. The number of pyridine rings is 1. The Balaban J connectivity index is 0.00000182. The third-order valence-electron chi connectivity index (χ3n) is 5.55. The number of carbonyl (C=O) groups is 1. The van der Waals surface area contributed by atoms with Crippen molar-refractivity contribution in [1.82, 2.24) is 15.2 Å². The molecule has 1 aromatic heterocycles. The molecule has 1 aromatic rings. The lowest BCUT2D eigenvalue weighted by molar-refractivity contribution is -0.132. The fourth-order valence-corrected chi connectivity index (χ4v) is 3.82. The monoisotopic (exact) mass is 418 g/mol. The van der Waals surface area contributed by atoms with Gasteiger partial charge in [-0.2, -0.15) is 0 Å². The van der Waals surface area contributed by atoms with Crippen molar-refractivity contribution in [1.29, 1.82) is 0 Å². The molecular formula is C19H32Cl2N4O2. The number of amides is 1. The Hall–Kier alpha value is -1.24. The van der Waals surface area contributed by atoms with Crippen LogP contribution in [0.25, 0.3) is 0 Å². The van der Waals surface area contributed by atoms with Gasteiger partial charge in [-0.1, -0.05) is 6.92 Å². The molecule has 1 N–H and O–H groups in total. The van der Waals surface area contributed by atoms with Crippen LogP contribution in [-0.4, -0.2) is 62.2 Å². The third-order valence-corrected chi connectivity index (χ3v) is 5.55. The van der Waals surface area contributed by atoms with Gasteiger partial charge < -0.3 is 19.9 Å². The van der Waals surface area contributed by atoms with Crippen molar-refractivity contribution >= 4 is 36.5 Å². The van der Waals surface area contributed by atoms with Gasteiger partial charge in [0.05, 0.1) is 7.11 Å². The van der Waals surface area contributed by atoms with Gasteiger partial charge in [-0.15, -0.1) is 24.8 Å². The predicted octanol–water partition coefficient (Wildman–Crippen LogP) is 2.61. The number of nitrogens with one attached hydrogen (secondary N) is 1. The van der Waals surface area contributed by atoms with Gasteiger partial charge >= 0.3 is 0 Å². The number of ether oxygens (including phenoxy) is 1. The van der Waals surface area contributed by atoms with Crippen LogP contribution in [0.15, 0.2) is 18.3 Å². The maximum atomic E-state index is 12.6. The van der Waals surface area contributed by atoms with E-state index in [-0.39, 0.29) is 24.8 Å². The number of anilines is 1. The summed E-state index contributed by atoms with van der Waals surface area (Å²) in [7, 11) is 1.67. The number of carbonyl (C=O) groups excluding carboxylic acids is 1. The number of piperidine rings is 1. The quantitative estimate of drug-likeness (QED) is 0.795. The average molecular weight is 419 g/mol. The van der Waals surface area contributed by atoms with Crippen molar-refractivity contribution < 1.29 is 9.53 Å². The molecule has 2 unspecified atom stereocenters. The second-order valence-electron chi connectivity index (χ2n) is 7.21. The van der Waals surface area contributed by atoms with Crippen molar-refractivity contribution in [2.75, 3.05) is 51.3 Å². The Morgan fingerprint density at radius 2 is 2.07 bits per heavy atom. The van der Waals surface area contributed by atoms with Crippen LogP contribution >= 0.6 is 24.8 Å². The highest BCUT2D eigenvalue weighted by atomic mass is 35.5. The molecule has 8 heteroatoms. The first kappa shape index (κ1) is 23.8. The molecule has 1 amide bonds. The summed E-state index contributed by atoms with van der Waals surface area (Å²) < 4.78 is 5.27. The maximum Gasteiger partial charge on any atom is 0.222 e. The number of rotatable bonds is 5. The lowest BCUT2D eigenvalue weighted by Gasteiger charge is -2.36. The molecule has 0 radical (unpaired) electrons. The van der Waals surface area contributed by atoms with E-state index < -0.39 is 0 Å². The molecule has 0 saturated carbocycles. The van der Waals surface area contributed by atoms with Gasteiger partial charge in [0.2, 0.25) is 5.91 Å². The minimum Gasteiger partial charge on any atom is -0.497 e. The highest BCUT2D eigenvalue weighted by molar-refractivity contribution is 5.85. The summed E-state index contributed by atoms with van der Waals surface area (Å²) in [4.78, 5) is 21.3. The van der Waals surface area contributed by atoms with Crippen molar-refractivity contribution in [3.05, 3.63) is 18.3 Å². The summed E-state index contributed by atoms with van der Waals surface area (Å²) in [6.45, 7) is 7.60. The minimum atomic E-state index is 0. The number of methoxy groups -OCH3 is 1. The third kappa shape index (κ3) is 6.40. The van der Waals surface area contributed by atoms with Crippen molar-refractivity contribution in [2.24, 2.45) is 11.8 Å². The van der Waals surface area contributed by atoms with E-state index in [0.717, 1.165) is 50.8 Å². The summed E-state index contributed by atoms with van der Waals surface area (Å²) in [6.07, 6.45) is 4.92. The van der Waals surface area contributed by atoms with E-state index in [2.05, 4.69) is 22.1 Å². The van der Waals surface area contributed by atoms with E-state index in [4.69, 9.17) is 4.74 Å². The van der Waals surface area contributed by atoms with E-state index in [0.29, 0.717) is 24.2 Å². The van der Waals surface area contributed by atoms with Crippen LogP contribution in [0.3, 0.4) is 0 Å². The van der Waals surface area contributed by atoms with Crippen LogP contribution < -0.4 is 15.0 Å². The summed E-state index contributed by atoms with van der Waals surface area (Å²) in [6, 6.07) is 3.81. The summed E-state index contributed by atoms with van der Waals surface area (Å²) in [5, 5.41) is 3.45. The van der Waals surface area contributed by atoms with Crippen LogP contribution in [0, 0.1) is 11.8 Å². The minimum absolute atomic E-state index is 0. The fraction of sp³-hybridized carbons (Fsp3) is 0.684. The second kappa shape index (κ2) is 11.6. The highest BCUT2D eigenvalue weighted by Crippen LogP contribution is 2.24. The van der Waals surface area contributed by atoms with Crippen molar-refractivity contribution in [3.8, 4) is 5.75 Å². The molecule has 2 aliphatic rings. The van der Waals surface area contributed by atoms with Crippen molar-refractivity contribution in [3.63, 3.8) is 0 Å². The summed E-state index contributed by atoms with van der Waals surface area (Å²) in [5.74, 6) is 3.14. The molecule has 6 nitrogen and oxygen atoms in total. The lowest BCUT2D eigenvalue weighted by Crippen LogP contribution is -2.49. The highest BCUT2D eigenvalue weighted by Gasteiger charge is 2.26. The lowest BCUT2D eigenvalue weighted by atomic mass is 9.85. The first-order valence-corrected chi connectivity index (χ1v) is 9.41. The first-order chi connectivity index (χ1) is 12.2. The van der Waals surface area contributed by atoms with E-state index in [1.54, 1.807) is 13.3 Å². The van der Waals surface area contributed by atoms with Crippen LogP contribution in [0.4, 0.5) is 5.82 Å². The van der Waals surface area contributed by atoms with Crippen LogP contribution in [0.5, 0.6) is 5.75 Å². The molecule has 0 aromatic carbocycles. The van der Waals surface area contributed by atoms with E-state index >= 15 is 0 Å². The van der Waals surface area contributed by atoms with Gasteiger partial charge in [0, 0.05) is 44.9 Å². The molecule has 2 aliphatic heterocycles. The van der Waals surface area contributed by atoms with Crippen LogP contribution in [-0.2, 0) is 4.79 Å². The molecule has 2 atom stereocenters. The number of hydrogen-bond acceptors (Lipinski definition) is 5. The smallest absolute Gasteiger partial charge is 0.222 e. The second-order valence-corrected chi connectivity index (χ2v) is 7.21. The standard InChI is InChI=1S/C19H30N4O2.2ClH/c1-15(16-4-3-6-20-14-16)12-19(24)23-10-8-22(9-11-23)18-13-17(25-2)5-7-21-18;;/h5,7,13,15-16,20H,3-4,6,8-12,14H2,1-2H3;2*1H. The molecule has 154 valence electrons. The molecule has 27 heavy (non-hydrogen) atoms. The Morgan fingerprint density at radius 1 is 1.33 bits per heavy atom. The van der Waals surface area contributed by atoms with Gasteiger partial charge in [0.25, 0.3) is 0 Å². The average Bonchev–Trinajstić information content (AvgIpc) is 2.68. The Bertz CT molecular complexity index is 577. The van der Waals surface area contributed by atoms with Gasteiger partial charge in [-0.25, -0.2) is 4.98 Å². The van der Waals surface area contributed by atoms with Gasteiger partial charge in [0.15, 0.2) is 0 Å². The molecular weight excluding hydrogens is 387 g/mol. The van der Waals surface area contributed by atoms with E-state index in [1.807, 2.05) is 17.0 Å². The molecule has 2 saturated heterocycles. The molecule has 0 bridgehead atoms. The zero-order valence-corrected chi connectivity index (χ0v) is 17.9. The van der Waals surface area contributed by atoms with Gasteiger partial charge in [-0.3, -0.25) is 4.79 Å². The van der Waals surface area contributed by atoms with E-state index in [9.17, 15) is 4.79 Å². The van der Waals surface area contributed by atoms with Crippen molar-refractivity contribution in [2.45, 2.75) is 26.2 Å². The molecule has 0 spiro atoms. The fourth-order valence-electron chi connectivity index (χ4n) is 3.82. The van der Waals surface area contributed by atoms with Gasteiger partial charge in [0.1, 0.15) is 11.6 Å². The largest absolute Gasteiger partial charge is 0.497 e. The SMILES string of the molecule is COc1ccnc(N2CCN(C(=O)CC(C)C3CCCNC3)CC2)c1.Cl.Cl. The summed E-state index contributed by atoms with van der Waals surface area (Å²) >= 11 is 0. The Labute approximate surface area is 174 Å². The zero-order valence-electron chi connectivity index (χ0n) is 16.2. The Morgan fingerprint density at radius 3 is 2.70 bits per heavy atom. The number of piperazine rings is 1. The number of nitrogens with zero attached hydrogens (tertiary/aromatic N) is 3. The Kier molecular flexibility index (Phi) is 10.2. The topological polar surface area (TPSA) is 57.7 Å². The summed E-state index contributed by atoms with van der Waals surface area (Å²) in [5.41, 5.74) is 0. The predicted molar refractivity (Wildman–Crippen MR) is 113 cm³/mol. The normalized spacial score (nSPS) is 20.9. The van der Waals surface area contributed by atoms with Gasteiger partial charge in [-0.05, 0) is 43.8 Å².